The van der Waals surface area contributed by atoms with Crippen molar-refractivity contribution in [2.24, 2.45) is 0 Å². The fourth-order valence-electron chi connectivity index (χ4n) is 1.64. The van der Waals surface area contributed by atoms with Gasteiger partial charge in [-0.25, -0.2) is 8.42 Å². The number of rotatable bonds is 4. The molecule has 0 atom stereocenters. The molecule has 1 aromatic rings. The van der Waals surface area contributed by atoms with Gasteiger partial charge in [-0.2, -0.15) is 4.31 Å². The lowest BCUT2D eigenvalue weighted by Gasteiger charge is -2.20. The molecule has 0 unspecified atom stereocenters. The largest absolute Gasteiger partial charge is 0.486 e. The van der Waals surface area contributed by atoms with Gasteiger partial charge in [0.2, 0.25) is 10.0 Å². The highest BCUT2D eigenvalue weighted by Crippen LogP contribution is 2.32. The Kier molecular flexibility index (Phi) is 3.63. The highest BCUT2D eigenvalue weighted by Gasteiger charge is 2.25. The van der Waals surface area contributed by atoms with E-state index in [0.717, 1.165) is 4.31 Å². The number of likely N-dealkylation sites (N-methyl/N-ethyl adjacent to an activating group) is 1. The smallest absolute Gasteiger partial charge is 0.318 e. The predicted octanol–water partition coefficient (Wildman–Crippen LogP) is 0.163. The van der Waals surface area contributed by atoms with Crippen LogP contribution in [0.4, 0.5) is 0 Å². The van der Waals surface area contributed by atoms with Gasteiger partial charge < -0.3 is 14.6 Å². The van der Waals surface area contributed by atoms with Gasteiger partial charge in [0.1, 0.15) is 19.8 Å². The van der Waals surface area contributed by atoms with Crippen LogP contribution in [0.2, 0.25) is 0 Å². The number of aliphatic carboxylic acids is 1. The fourth-order valence-corrected chi connectivity index (χ4v) is 2.78. The summed E-state index contributed by atoms with van der Waals surface area (Å²) in [5.41, 5.74) is 0. The Hall–Kier alpha value is -1.80. The lowest BCUT2D eigenvalue weighted by molar-refractivity contribution is -0.137. The van der Waals surface area contributed by atoms with E-state index in [4.69, 9.17) is 14.6 Å². The molecular formula is C11H13NO6S. The van der Waals surface area contributed by atoms with E-state index in [1.54, 1.807) is 0 Å². The zero-order chi connectivity index (χ0) is 14.0. The zero-order valence-corrected chi connectivity index (χ0v) is 11.0. The minimum absolute atomic E-state index is 0.0273. The molecule has 1 aliphatic heterocycles. The van der Waals surface area contributed by atoms with Crippen LogP contribution in [0.25, 0.3) is 0 Å². The van der Waals surface area contributed by atoms with Crippen molar-refractivity contribution in [3.05, 3.63) is 18.2 Å². The summed E-state index contributed by atoms with van der Waals surface area (Å²) in [7, 11) is -2.64. The number of carbonyl (C=O) groups is 1. The van der Waals surface area contributed by atoms with Crippen molar-refractivity contribution in [1.82, 2.24) is 4.31 Å². The van der Waals surface area contributed by atoms with E-state index >= 15 is 0 Å². The summed E-state index contributed by atoms with van der Waals surface area (Å²) < 4.78 is 35.6. The van der Waals surface area contributed by atoms with E-state index in [1.165, 1.54) is 25.2 Å². The van der Waals surface area contributed by atoms with E-state index < -0.39 is 22.5 Å². The van der Waals surface area contributed by atoms with Gasteiger partial charge >= 0.3 is 5.97 Å². The van der Waals surface area contributed by atoms with E-state index in [2.05, 4.69) is 0 Å². The van der Waals surface area contributed by atoms with Gasteiger partial charge in [0.15, 0.2) is 11.5 Å². The Morgan fingerprint density at radius 1 is 1.32 bits per heavy atom. The molecule has 0 amide bonds. The Bertz CT molecular complexity index is 597. The number of hydrogen-bond donors (Lipinski definition) is 1. The number of benzene rings is 1. The summed E-state index contributed by atoms with van der Waals surface area (Å²) >= 11 is 0. The van der Waals surface area contributed by atoms with Crippen molar-refractivity contribution in [1.29, 1.82) is 0 Å². The van der Waals surface area contributed by atoms with Gasteiger partial charge in [-0.15, -0.1) is 0 Å². The molecule has 19 heavy (non-hydrogen) atoms. The van der Waals surface area contributed by atoms with Gasteiger partial charge in [0.25, 0.3) is 0 Å². The third kappa shape index (κ3) is 2.79. The maximum Gasteiger partial charge on any atom is 0.318 e. The van der Waals surface area contributed by atoms with Gasteiger partial charge in [-0.1, -0.05) is 0 Å². The average molecular weight is 287 g/mol. The number of carboxylic acids is 1. The SMILES string of the molecule is CN(CC(=O)O)S(=O)(=O)c1ccc2c(c1)OCCO2. The molecule has 0 bridgehead atoms. The molecule has 0 fully saturated rings. The van der Waals surface area contributed by atoms with Gasteiger partial charge in [0.05, 0.1) is 4.90 Å². The molecule has 1 N–H and O–H groups in total. The Balaban J connectivity index is 2.33. The summed E-state index contributed by atoms with van der Waals surface area (Å²) in [6.45, 7) is 0.163. The molecule has 8 heteroatoms. The Labute approximate surface area is 110 Å². The molecule has 1 aromatic carbocycles. The molecule has 0 radical (unpaired) electrons. The second kappa shape index (κ2) is 5.06. The van der Waals surface area contributed by atoms with Crippen molar-refractivity contribution >= 4 is 16.0 Å². The third-order valence-electron chi connectivity index (χ3n) is 2.58. The predicted molar refractivity (Wildman–Crippen MR) is 64.9 cm³/mol. The van der Waals surface area contributed by atoms with Crippen LogP contribution in [0, 0.1) is 0 Å². The first-order valence-electron chi connectivity index (χ1n) is 5.49. The van der Waals surface area contributed by atoms with Gasteiger partial charge in [-0.05, 0) is 12.1 Å². The maximum absolute atomic E-state index is 12.1. The quantitative estimate of drug-likeness (QED) is 0.848. The highest BCUT2D eigenvalue weighted by atomic mass is 32.2. The highest BCUT2D eigenvalue weighted by molar-refractivity contribution is 7.89. The number of fused-ring (bicyclic) bond motifs is 1. The molecule has 2 rings (SSSR count). The molecule has 1 heterocycles. The lowest BCUT2D eigenvalue weighted by atomic mass is 10.3. The topological polar surface area (TPSA) is 93.1 Å². The normalized spacial score (nSPS) is 14.4. The van der Waals surface area contributed by atoms with Crippen molar-refractivity contribution < 1.29 is 27.8 Å². The Morgan fingerprint density at radius 3 is 2.58 bits per heavy atom. The summed E-state index contributed by atoms with van der Waals surface area (Å²) in [6.07, 6.45) is 0. The van der Waals surface area contributed by atoms with Crippen molar-refractivity contribution in [2.45, 2.75) is 4.90 Å². The van der Waals surface area contributed by atoms with Crippen LogP contribution in [-0.4, -0.2) is 50.6 Å². The number of carboxylic acid groups (broad SMARTS) is 1. The lowest BCUT2D eigenvalue weighted by Crippen LogP contribution is -2.32. The molecule has 0 aliphatic carbocycles. The molecule has 7 nitrogen and oxygen atoms in total. The molecule has 0 saturated heterocycles. The first-order valence-corrected chi connectivity index (χ1v) is 6.93. The first kappa shape index (κ1) is 13.6. The molecule has 104 valence electrons. The summed E-state index contributed by atoms with van der Waals surface area (Å²) in [5.74, 6) is -0.397. The van der Waals surface area contributed by atoms with Gasteiger partial charge in [-0.3, -0.25) is 4.79 Å². The second-order valence-electron chi connectivity index (χ2n) is 3.96. The van der Waals surface area contributed by atoms with E-state index in [-0.39, 0.29) is 4.90 Å². The van der Waals surface area contributed by atoms with Crippen molar-refractivity contribution in [3.63, 3.8) is 0 Å². The van der Waals surface area contributed by atoms with Crippen LogP contribution >= 0.6 is 0 Å². The number of nitrogens with zero attached hydrogens (tertiary/aromatic N) is 1. The number of hydrogen-bond acceptors (Lipinski definition) is 5. The summed E-state index contributed by atoms with van der Waals surface area (Å²) in [5, 5.41) is 8.64. The minimum Gasteiger partial charge on any atom is -0.486 e. The minimum atomic E-state index is -3.85. The van der Waals surface area contributed by atoms with Crippen LogP contribution in [-0.2, 0) is 14.8 Å². The number of ether oxygens (including phenoxy) is 2. The molecule has 0 saturated carbocycles. The second-order valence-corrected chi connectivity index (χ2v) is 6.01. The molecular weight excluding hydrogens is 274 g/mol. The summed E-state index contributed by atoms with van der Waals surface area (Å²) in [6, 6.07) is 4.19. The number of sulfonamides is 1. The third-order valence-corrected chi connectivity index (χ3v) is 4.38. The molecule has 1 aliphatic rings. The average Bonchev–Trinajstić information content (AvgIpc) is 2.37. The van der Waals surface area contributed by atoms with Crippen molar-refractivity contribution in [2.75, 3.05) is 26.8 Å². The molecule has 0 spiro atoms. The fraction of sp³-hybridized carbons (Fsp3) is 0.364. The van der Waals surface area contributed by atoms with E-state index in [0.29, 0.717) is 24.7 Å². The monoisotopic (exact) mass is 287 g/mol. The van der Waals surface area contributed by atoms with Crippen LogP contribution in [0.15, 0.2) is 23.1 Å². The standard InChI is InChI=1S/C11H13NO6S/c1-12(7-11(13)14)19(15,16)8-2-3-9-10(6-8)18-5-4-17-9/h2-3,6H,4-5,7H2,1H3,(H,13,14). The van der Waals surface area contributed by atoms with Crippen LogP contribution in [0.5, 0.6) is 11.5 Å². The molecule has 0 aromatic heterocycles. The zero-order valence-electron chi connectivity index (χ0n) is 10.2. The van der Waals surface area contributed by atoms with Crippen LogP contribution in [0.3, 0.4) is 0 Å². The van der Waals surface area contributed by atoms with Crippen LogP contribution < -0.4 is 9.47 Å². The van der Waals surface area contributed by atoms with E-state index in [9.17, 15) is 13.2 Å². The Morgan fingerprint density at radius 2 is 1.95 bits per heavy atom. The van der Waals surface area contributed by atoms with E-state index in [1.807, 2.05) is 0 Å². The summed E-state index contributed by atoms with van der Waals surface area (Å²) in [4.78, 5) is 10.5. The van der Waals surface area contributed by atoms with Crippen molar-refractivity contribution in [3.8, 4) is 11.5 Å². The van der Waals surface area contributed by atoms with Crippen LogP contribution in [0.1, 0.15) is 0 Å². The van der Waals surface area contributed by atoms with Gasteiger partial charge in [0, 0.05) is 13.1 Å². The maximum atomic E-state index is 12.1. The first-order chi connectivity index (χ1) is 8.91.